The van der Waals surface area contributed by atoms with Gasteiger partial charge in [-0.2, -0.15) is 0 Å². The summed E-state index contributed by atoms with van der Waals surface area (Å²) in [6.07, 6.45) is 0. The molecule has 0 saturated heterocycles. The maximum absolute atomic E-state index is 14.1. The maximum Gasteiger partial charge on any atom is 0.256 e. The van der Waals surface area contributed by atoms with Gasteiger partial charge in [0.2, 0.25) is 0 Å². The van der Waals surface area contributed by atoms with E-state index in [2.05, 4.69) is 26.2 Å². The molecular weight excluding hydrogens is 427 g/mol. The Kier molecular flexibility index (Phi) is 4.76. The smallest absolute Gasteiger partial charge is 0.256 e. The summed E-state index contributed by atoms with van der Waals surface area (Å²) in [5.41, 5.74) is 2.05. The molecule has 2 heterocycles. The summed E-state index contributed by atoms with van der Waals surface area (Å²) in [6, 6.07) is 17.8. The zero-order valence-electron chi connectivity index (χ0n) is 14.3. The highest BCUT2D eigenvalue weighted by atomic mass is 79.9. The van der Waals surface area contributed by atoms with Crippen LogP contribution in [-0.4, -0.2) is 10.9 Å². The van der Waals surface area contributed by atoms with Crippen LogP contribution in [0.25, 0.3) is 21.5 Å². The van der Waals surface area contributed by atoms with Crippen molar-refractivity contribution in [3.8, 4) is 10.6 Å². The molecule has 2 aromatic carbocycles. The Labute approximate surface area is 168 Å². The number of nitrogens with zero attached hydrogens (tertiary/aromatic N) is 1. The molecule has 0 saturated carbocycles. The standard InChI is InChI=1S/C21H14BrFN2OS/c1-12-6-9-20(27-12)19-11-15(14-4-2-3-5-17(14)24-19)21(26)25-18-8-7-13(22)10-16(18)23/h2-11H,1H3,(H,25,26). The summed E-state index contributed by atoms with van der Waals surface area (Å²) in [6.45, 7) is 2.03. The van der Waals surface area contributed by atoms with Gasteiger partial charge in [-0.25, -0.2) is 9.37 Å². The van der Waals surface area contributed by atoms with E-state index in [1.165, 1.54) is 17.0 Å². The number of nitrogens with one attached hydrogen (secondary N) is 1. The second-order valence-electron chi connectivity index (χ2n) is 6.06. The Morgan fingerprint density at radius 3 is 2.67 bits per heavy atom. The number of hydrogen-bond donors (Lipinski definition) is 1. The highest BCUT2D eigenvalue weighted by Gasteiger charge is 2.16. The Hall–Kier alpha value is -2.57. The summed E-state index contributed by atoms with van der Waals surface area (Å²) in [5.74, 6) is -0.866. The van der Waals surface area contributed by atoms with E-state index < -0.39 is 5.82 Å². The van der Waals surface area contributed by atoms with Gasteiger partial charge in [0.25, 0.3) is 5.91 Å². The fourth-order valence-corrected chi connectivity index (χ4v) is 4.00. The molecule has 0 bridgehead atoms. The summed E-state index contributed by atoms with van der Waals surface area (Å²) in [4.78, 5) is 19.8. The number of hydrogen-bond acceptors (Lipinski definition) is 3. The van der Waals surface area contributed by atoms with Crippen molar-refractivity contribution in [3.05, 3.63) is 81.4 Å². The second kappa shape index (κ2) is 7.21. The third-order valence-corrected chi connectivity index (χ3v) is 5.65. The molecule has 6 heteroatoms. The fourth-order valence-electron chi connectivity index (χ4n) is 2.84. The number of benzene rings is 2. The van der Waals surface area contributed by atoms with Crippen LogP contribution in [0.2, 0.25) is 0 Å². The van der Waals surface area contributed by atoms with Crippen molar-refractivity contribution < 1.29 is 9.18 Å². The van der Waals surface area contributed by atoms with E-state index in [0.717, 1.165) is 21.5 Å². The van der Waals surface area contributed by atoms with Crippen molar-refractivity contribution in [1.82, 2.24) is 4.98 Å². The topological polar surface area (TPSA) is 42.0 Å². The molecule has 134 valence electrons. The van der Waals surface area contributed by atoms with Gasteiger partial charge in [-0.05, 0) is 49.4 Å². The number of thiophene rings is 1. The molecule has 0 unspecified atom stereocenters. The maximum atomic E-state index is 14.1. The first kappa shape index (κ1) is 17.8. The first-order valence-electron chi connectivity index (χ1n) is 8.24. The minimum atomic E-state index is -0.495. The van der Waals surface area contributed by atoms with E-state index in [-0.39, 0.29) is 11.6 Å². The predicted octanol–water partition coefficient (Wildman–Crippen LogP) is 6.43. The molecule has 0 fully saturated rings. The number of carbonyl (C=O) groups excluding carboxylic acids is 1. The van der Waals surface area contributed by atoms with Crippen molar-refractivity contribution >= 4 is 49.8 Å². The molecule has 4 rings (SSSR count). The van der Waals surface area contributed by atoms with Crippen LogP contribution in [0.5, 0.6) is 0 Å². The number of halogens is 2. The predicted molar refractivity (Wildman–Crippen MR) is 112 cm³/mol. The zero-order valence-corrected chi connectivity index (χ0v) is 16.7. The van der Waals surface area contributed by atoms with Crippen LogP contribution in [-0.2, 0) is 0 Å². The molecule has 0 aliphatic heterocycles. The minimum absolute atomic E-state index is 0.137. The number of pyridine rings is 1. The molecule has 3 nitrogen and oxygen atoms in total. The summed E-state index contributed by atoms with van der Waals surface area (Å²) < 4.78 is 14.7. The van der Waals surface area contributed by atoms with Gasteiger partial charge in [0.05, 0.1) is 27.3 Å². The average Bonchev–Trinajstić information content (AvgIpc) is 3.09. The Bertz CT molecular complexity index is 1170. The SMILES string of the molecule is Cc1ccc(-c2cc(C(=O)Nc3ccc(Br)cc3F)c3ccccc3n2)s1. The molecule has 0 spiro atoms. The molecule has 1 amide bonds. The average molecular weight is 441 g/mol. The molecule has 2 aromatic heterocycles. The van der Waals surface area contributed by atoms with Crippen molar-refractivity contribution in [1.29, 1.82) is 0 Å². The quantitative estimate of drug-likeness (QED) is 0.398. The largest absolute Gasteiger partial charge is 0.319 e. The lowest BCUT2D eigenvalue weighted by Crippen LogP contribution is -2.14. The Balaban J connectivity index is 1.80. The van der Waals surface area contributed by atoms with Crippen LogP contribution >= 0.6 is 27.3 Å². The van der Waals surface area contributed by atoms with Crippen LogP contribution in [0.1, 0.15) is 15.2 Å². The molecule has 0 aliphatic rings. The molecule has 0 radical (unpaired) electrons. The number of rotatable bonds is 3. The van der Waals surface area contributed by atoms with Gasteiger partial charge in [0.1, 0.15) is 5.82 Å². The number of anilines is 1. The van der Waals surface area contributed by atoms with E-state index in [1.807, 2.05) is 43.3 Å². The molecule has 0 atom stereocenters. The van der Waals surface area contributed by atoms with Crippen molar-refractivity contribution in [2.45, 2.75) is 6.92 Å². The lowest BCUT2D eigenvalue weighted by atomic mass is 10.1. The van der Waals surface area contributed by atoms with Crippen LogP contribution in [0.15, 0.2) is 65.1 Å². The van der Waals surface area contributed by atoms with Crippen molar-refractivity contribution in [2.75, 3.05) is 5.32 Å². The van der Waals surface area contributed by atoms with Gasteiger partial charge in [0.15, 0.2) is 0 Å². The number of aromatic nitrogens is 1. The van der Waals surface area contributed by atoms with Crippen LogP contribution in [0, 0.1) is 12.7 Å². The molecule has 4 aromatic rings. The van der Waals surface area contributed by atoms with E-state index in [1.54, 1.807) is 23.5 Å². The lowest BCUT2D eigenvalue weighted by molar-refractivity contribution is 0.102. The van der Waals surface area contributed by atoms with Crippen molar-refractivity contribution in [3.63, 3.8) is 0 Å². The van der Waals surface area contributed by atoms with Gasteiger partial charge in [-0.3, -0.25) is 4.79 Å². The molecule has 27 heavy (non-hydrogen) atoms. The van der Waals surface area contributed by atoms with Crippen LogP contribution in [0.3, 0.4) is 0 Å². The summed E-state index contributed by atoms with van der Waals surface area (Å²) in [7, 11) is 0. The first-order chi connectivity index (χ1) is 13.0. The van der Waals surface area contributed by atoms with Gasteiger partial charge < -0.3 is 5.32 Å². The molecule has 0 aliphatic carbocycles. The number of aryl methyl sites for hydroxylation is 1. The van der Waals surface area contributed by atoms with Crippen LogP contribution in [0.4, 0.5) is 10.1 Å². The summed E-state index contributed by atoms with van der Waals surface area (Å²) in [5, 5.41) is 3.40. The van der Waals surface area contributed by atoms with E-state index in [0.29, 0.717) is 10.0 Å². The molecule has 1 N–H and O–H groups in total. The number of fused-ring (bicyclic) bond motifs is 1. The lowest BCUT2D eigenvalue weighted by Gasteiger charge is -2.11. The number of amides is 1. The van der Waals surface area contributed by atoms with Gasteiger partial charge in [0, 0.05) is 14.7 Å². The number of carbonyl (C=O) groups is 1. The normalized spacial score (nSPS) is 10.9. The summed E-state index contributed by atoms with van der Waals surface area (Å²) >= 11 is 4.84. The molecular formula is C21H14BrFN2OS. The Morgan fingerprint density at radius 1 is 1.11 bits per heavy atom. The third kappa shape index (κ3) is 3.63. The fraction of sp³-hybridized carbons (Fsp3) is 0.0476. The zero-order chi connectivity index (χ0) is 19.0. The minimum Gasteiger partial charge on any atom is -0.319 e. The van der Waals surface area contributed by atoms with Crippen molar-refractivity contribution in [2.24, 2.45) is 0 Å². The van der Waals surface area contributed by atoms with Gasteiger partial charge in [-0.1, -0.05) is 34.1 Å². The van der Waals surface area contributed by atoms with E-state index in [4.69, 9.17) is 0 Å². The van der Waals surface area contributed by atoms with Gasteiger partial charge in [-0.15, -0.1) is 11.3 Å². The Morgan fingerprint density at radius 2 is 1.93 bits per heavy atom. The third-order valence-electron chi connectivity index (χ3n) is 4.13. The first-order valence-corrected chi connectivity index (χ1v) is 9.85. The number of para-hydroxylation sites is 1. The van der Waals surface area contributed by atoms with E-state index in [9.17, 15) is 9.18 Å². The highest BCUT2D eigenvalue weighted by Crippen LogP contribution is 2.30. The van der Waals surface area contributed by atoms with Gasteiger partial charge >= 0.3 is 0 Å². The second-order valence-corrected chi connectivity index (χ2v) is 8.26. The van der Waals surface area contributed by atoms with Crippen LogP contribution < -0.4 is 5.32 Å². The highest BCUT2D eigenvalue weighted by molar-refractivity contribution is 9.10. The van der Waals surface area contributed by atoms with E-state index >= 15 is 0 Å². The monoisotopic (exact) mass is 440 g/mol.